The molecule has 1 atom stereocenters. The van der Waals surface area contributed by atoms with E-state index < -0.39 is 4.92 Å². The fourth-order valence-corrected chi connectivity index (χ4v) is 1.93. The molecular weight excluding hydrogens is 250 g/mol. The van der Waals surface area contributed by atoms with Gasteiger partial charge in [-0.1, -0.05) is 0 Å². The number of methoxy groups -OCH3 is 1. The highest BCUT2D eigenvalue weighted by Crippen LogP contribution is 2.32. The Morgan fingerprint density at radius 3 is 2.74 bits per heavy atom. The van der Waals surface area contributed by atoms with Crippen molar-refractivity contribution in [1.29, 1.82) is 0 Å². The summed E-state index contributed by atoms with van der Waals surface area (Å²) < 4.78 is 5.09. The topological polar surface area (TPSA) is 93.4 Å². The highest BCUT2D eigenvalue weighted by Gasteiger charge is 2.28. The van der Waals surface area contributed by atoms with Crippen molar-refractivity contribution in [2.24, 2.45) is 0 Å². The second-order valence-electron chi connectivity index (χ2n) is 3.99. The predicted octanol–water partition coefficient (Wildman–Crippen LogP) is 1.29. The van der Waals surface area contributed by atoms with E-state index in [4.69, 9.17) is 4.74 Å². The molecule has 1 heterocycles. The molecule has 1 N–H and O–H groups in total. The first-order chi connectivity index (χ1) is 9.06. The van der Waals surface area contributed by atoms with Crippen LogP contribution in [-0.2, 0) is 4.74 Å². The maximum atomic E-state index is 11.2. The van der Waals surface area contributed by atoms with Gasteiger partial charge in [-0.05, 0) is 13.8 Å². The van der Waals surface area contributed by atoms with Crippen LogP contribution < -0.4 is 10.2 Å². The Balaban J connectivity index is 3.26. The minimum absolute atomic E-state index is 0.0201. The molecule has 0 radical (unpaired) electrons. The normalized spacial score (nSPS) is 12.0. The van der Waals surface area contributed by atoms with E-state index in [1.807, 2.05) is 18.7 Å². The first kappa shape index (κ1) is 15.1. The zero-order valence-corrected chi connectivity index (χ0v) is 11.6. The summed E-state index contributed by atoms with van der Waals surface area (Å²) in [6.45, 7) is 4.89. The van der Waals surface area contributed by atoms with E-state index in [1.54, 1.807) is 14.2 Å². The molecule has 0 spiro atoms. The lowest BCUT2D eigenvalue weighted by molar-refractivity contribution is -0.383. The van der Waals surface area contributed by atoms with Crippen molar-refractivity contribution in [1.82, 2.24) is 9.97 Å². The van der Waals surface area contributed by atoms with Crippen molar-refractivity contribution >= 4 is 17.3 Å². The van der Waals surface area contributed by atoms with E-state index in [9.17, 15) is 10.1 Å². The standard InChI is InChI=1S/C11H19N5O3/c1-5-15(8(2)6-19-4)11-9(16(17)18)10(12-3)13-7-14-11/h7-8H,5-6H2,1-4H3,(H,12,13,14). The van der Waals surface area contributed by atoms with Crippen LogP contribution in [0.2, 0.25) is 0 Å². The van der Waals surface area contributed by atoms with Gasteiger partial charge >= 0.3 is 5.69 Å². The lowest BCUT2D eigenvalue weighted by atomic mass is 10.2. The van der Waals surface area contributed by atoms with E-state index in [0.717, 1.165) is 0 Å². The Bertz CT molecular complexity index is 440. The smallest absolute Gasteiger partial charge is 0.353 e. The average molecular weight is 269 g/mol. The van der Waals surface area contributed by atoms with Gasteiger partial charge in [-0.15, -0.1) is 0 Å². The molecule has 19 heavy (non-hydrogen) atoms. The molecule has 0 aliphatic carbocycles. The van der Waals surface area contributed by atoms with Crippen molar-refractivity contribution in [3.05, 3.63) is 16.4 Å². The lowest BCUT2D eigenvalue weighted by Crippen LogP contribution is -2.37. The van der Waals surface area contributed by atoms with Gasteiger partial charge in [0.25, 0.3) is 0 Å². The van der Waals surface area contributed by atoms with Gasteiger partial charge in [0.05, 0.1) is 17.6 Å². The molecule has 0 saturated carbocycles. The molecule has 0 aliphatic rings. The summed E-state index contributed by atoms with van der Waals surface area (Å²) in [7, 11) is 3.19. The molecule has 0 amide bonds. The van der Waals surface area contributed by atoms with Gasteiger partial charge in [0.1, 0.15) is 6.33 Å². The maximum Gasteiger partial charge on any atom is 0.353 e. The number of rotatable bonds is 7. The summed E-state index contributed by atoms with van der Waals surface area (Å²) in [5.41, 5.74) is -0.116. The number of hydrogen-bond donors (Lipinski definition) is 1. The van der Waals surface area contributed by atoms with Gasteiger partial charge in [-0.2, -0.15) is 0 Å². The molecule has 1 unspecified atom stereocenters. The lowest BCUT2D eigenvalue weighted by Gasteiger charge is -2.28. The van der Waals surface area contributed by atoms with Gasteiger partial charge in [-0.25, -0.2) is 9.97 Å². The SMILES string of the molecule is CCN(c1ncnc(NC)c1[N+](=O)[O-])C(C)COC. The van der Waals surface area contributed by atoms with Crippen molar-refractivity contribution in [2.75, 3.05) is 37.5 Å². The van der Waals surface area contributed by atoms with Crippen LogP contribution in [0.15, 0.2) is 6.33 Å². The Morgan fingerprint density at radius 2 is 2.26 bits per heavy atom. The van der Waals surface area contributed by atoms with E-state index in [2.05, 4.69) is 15.3 Å². The summed E-state index contributed by atoms with van der Waals surface area (Å²) in [4.78, 5) is 20.5. The van der Waals surface area contributed by atoms with Crippen LogP contribution in [0.25, 0.3) is 0 Å². The van der Waals surface area contributed by atoms with Gasteiger partial charge in [0, 0.05) is 20.7 Å². The number of nitrogens with one attached hydrogen (secondary N) is 1. The van der Waals surface area contributed by atoms with Gasteiger partial charge in [0.15, 0.2) is 0 Å². The molecular formula is C11H19N5O3. The van der Waals surface area contributed by atoms with Crippen LogP contribution in [0.1, 0.15) is 13.8 Å². The molecule has 1 rings (SSSR count). The number of likely N-dealkylation sites (N-methyl/N-ethyl adjacent to an activating group) is 1. The van der Waals surface area contributed by atoms with E-state index in [0.29, 0.717) is 19.0 Å². The molecule has 0 fully saturated rings. The third kappa shape index (κ3) is 3.28. The number of aromatic nitrogens is 2. The Hall–Kier alpha value is -1.96. The minimum atomic E-state index is -0.469. The van der Waals surface area contributed by atoms with Gasteiger partial charge < -0.3 is 15.0 Å². The molecule has 8 heteroatoms. The molecule has 1 aromatic rings. The summed E-state index contributed by atoms with van der Waals surface area (Å²) >= 11 is 0. The summed E-state index contributed by atoms with van der Waals surface area (Å²) in [6.07, 6.45) is 1.32. The fourth-order valence-electron chi connectivity index (χ4n) is 1.93. The summed E-state index contributed by atoms with van der Waals surface area (Å²) in [6, 6.07) is -0.0201. The van der Waals surface area contributed by atoms with Crippen molar-refractivity contribution in [3.8, 4) is 0 Å². The number of hydrogen-bond acceptors (Lipinski definition) is 7. The maximum absolute atomic E-state index is 11.2. The number of anilines is 2. The largest absolute Gasteiger partial charge is 0.383 e. The van der Waals surface area contributed by atoms with Crippen LogP contribution in [-0.4, -0.2) is 48.2 Å². The predicted molar refractivity (Wildman–Crippen MR) is 72.6 cm³/mol. The van der Waals surface area contributed by atoms with Gasteiger partial charge in [-0.3, -0.25) is 10.1 Å². The Kier molecular flexibility index (Phi) is 5.43. The summed E-state index contributed by atoms with van der Waals surface area (Å²) in [5, 5.41) is 13.9. The van der Waals surface area contributed by atoms with Crippen molar-refractivity contribution in [3.63, 3.8) is 0 Å². The number of nitro groups is 1. The number of ether oxygens (including phenoxy) is 1. The fraction of sp³-hybridized carbons (Fsp3) is 0.636. The van der Waals surface area contributed by atoms with E-state index in [-0.39, 0.29) is 17.5 Å². The Morgan fingerprint density at radius 1 is 1.58 bits per heavy atom. The first-order valence-electron chi connectivity index (χ1n) is 5.99. The molecule has 1 aromatic heterocycles. The zero-order chi connectivity index (χ0) is 14.4. The molecule has 0 bridgehead atoms. The van der Waals surface area contributed by atoms with E-state index in [1.165, 1.54) is 6.33 Å². The zero-order valence-electron chi connectivity index (χ0n) is 11.6. The average Bonchev–Trinajstić information content (AvgIpc) is 2.39. The van der Waals surface area contributed by atoms with Crippen LogP contribution in [0.5, 0.6) is 0 Å². The highest BCUT2D eigenvalue weighted by molar-refractivity contribution is 5.70. The third-order valence-corrected chi connectivity index (χ3v) is 2.78. The number of nitrogens with zero attached hydrogens (tertiary/aromatic N) is 4. The van der Waals surface area contributed by atoms with Crippen molar-refractivity contribution < 1.29 is 9.66 Å². The molecule has 106 valence electrons. The van der Waals surface area contributed by atoms with Gasteiger partial charge in [0.2, 0.25) is 11.6 Å². The van der Waals surface area contributed by atoms with Crippen LogP contribution in [0.4, 0.5) is 17.3 Å². The van der Waals surface area contributed by atoms with Crippen molar-refractivity contribution in [2.45, 2.75) is 19.9 Å². The second-order valence-corrected chi connectivity index (χ2v) is 3.99. The monoisotopic (exact) mass is 269 g/mol. The Labute approximate surface area is 112 Å². The highest BCUT2D eigenvalue weighted by atomic mass is 16.6. The van der Waals surface area contributed by atoms with Crippen LogP contribution >= 0.6 is 0 Å². The van der Waals surface area contributed by atoms with Crippen LogP contribution in [0, 0.1) is 10.1 Å². The quantitative estimate of drug-likeness (QED) is 0.588. The van der Waals surface area contributed by atoms with E-state index >= 15 is 0 Å². The van der Waals surface area contributed by atoms with Crippen LogP contribution in [0.3, 0.4) is 0 Å². The molecule has 8 nitrogen and oxygen atoms in total. The summed E-state index contributed by atoms with van der Waals surface area (Å²) in [5.74, 6) is 0.509. The molecule has 0 aliphatic heterocycles. The third-order valence-electron chi connectivity index (χ3n) is 2.78. The first-order valence-corrected chi connectivity index (χ1v) is 5.99. The molecule has 0 saturated heterocycles. The molecule has 0 aromatic carbocycles. The second kappa shape index (κ2) is 6.83. The minimum Gasteiger partial charge on any atom is -0.383 e.